The molecule has 0 unspecified atom stereocenters. The lowest BCUT2D eigenvalue weighted by molar-refractivity contribution is -0.179. The number of halogens is 4. The second kappa shape index (κ2) is 5.15. The third-order valence-electron chi connectivity index (χ3n) is 1.83. The van der Waals surface area contributed by atoms with Gasteiger partial charge in [-0.2, -0.15) is 8.78 Å². The monoisotopic (exact) mass is 270 g/mol. The van der Waals surface area contributed by atoms with Crippen molar-refractivity contribution in [1.29, 1.82) is 0 Å². The summed E-state index contributed by atoms with van der Waals surface area (Å²) in [4.78, 5) is 32.4. The number of hydrogen-bond donors (Lipinski definition) is 0. The van der Waals surface area contributed by atoms with Crippen molar-refractivity contribution >= 4 is 17.9 Å². The molecule has 0 aromatic heterocycles. The maximum absolute atomic E-state index is 12.4. The highest BCUT2D eigenvalue weighted by atomic mass is 19.3. The summed E-state index contributed by atoms with van der Waals surface area (Å²) in [5.74, 6) is -7.90. The van der Waals surface area contributed by atoms with E-state index in [-0.39, 0.29) is 5.57 Å². The zero-order chi connectivity index (χ0) is 13.9. The molecule has 0 spiro atoms. The molecule has 0 aromatic carbocycles. The summed E-state index contributed by atoms with van der Waals surface area (Å²) in [6.45, 7) is -1.81. The average molecular weight is 270 g/mol. The first-order valence-corrected chi connectivity index (χ1v) is 4.50. The lowest BCUT2D eigenvalue weighted by Crippen LogP contribution is -2.33. The largest absolute Gasteiger partial charge is 0.459 e. The molecule has 100 valence electrons. The number of hydrogen-bond acceptors (Lipinski definition) is 5. The zero-order valence-corrected chi connectivity index (χ0v) is 8.62. The molecule has 1 rings (SSSR count). The molecule has 0 atom stereocenters. The Labute approximate surface area is 97.3 Å². The summed E-state index contributed by atoms with van der Waals surface area (Å²) in [6.07, 6.45) is -4.08. The Balaban J connectivity index is 2.46. The zero-order valence-electron chi connectivity index (χ0n) is 8.62. The molecule has 5 nitrogen and oxygen atoms in total. The Hall–Kier alpha value is -1.93. The Morgan fingerprint density at radius 1 is 1.39 bits per heavy atom. The smallest absolute Gasteiger partial charge is 0.342 e. The minimum Gasteiger partial charge on any atom is -0.459 e. The van der Waals surface area contributed by atoms with E-state index >= 15 is 0 Å². The Morgan fingerprint density at radius 2 is 2.00 bits per heavy atom. The van der Waals surface area contributed by atoms with Crippen molar-refractivity contribution < 1.29 is 41.4 Å². The third kappa shape index (κ3) is 3.54. The summed E-state index contributed by atoms with van der Waals surface area (Å²) >= 11 is 0. The highest BCUT2D eigenvalue weighted by molar-refractivity contribution is 6.10. The second-order valence-electron chi connectivity index (χ2n) is 3.28. The van der Waals surface area contributed by atoms with Crippen LogP contribution in [0.25, 0.3) is 0 Å². The van der Waals surface area contributed by atoms with Gasteiger partial charge in [-0.25, -0.2) is 18.4 Å². The van der Waals surface area contributed by atoms with Gasteiger partial charge in [0.05, 0.1) is 12.0 Å². The molecule has 0 aliphatic carbocycles. The SMILES string of the molecule is O=C1C=C(CC(=O)OCC(F)(F)C(F)F)C(=O)O1. The summed E-state index contributed by atoms with van der Waals surface area (Å²) in [5, 5.41) is 0. The third-order valence-corrected chi connectivity index (χ3v) is 1.83. The molecule has 1 aliphatic heterocycles. The van der Waals surface area contributed by atoms with Gasteiger partial charge in [-0.1, -0.05) is 0 Å². The van der Waals surface area contributed by atoms with Crippen molar-refractivity contribution in [3.63, 3.8) is 0 Å². The van der Waals surface area contributed by atoms with Crippen molar-refractivity contribution in [2.75, 3.05) is 6.61 Å². The van der Waals surface area contributed by atoms with E-state index in [1.807, 2.05) is 0 Å². The molecule has 0 radical (unpaired) electrons. The summed E-state index contributed by atoms with van der Waals surface area (Å²) in [5.41, 5.74) is -0.384. The van der Waals surface area contributed by atoms with E-state index in [1.54, 1.807) is 0 Å². The lowest BCUT2D eigenvalue weighted by Gasteiger charge is -2.14. The van der Waals surface area contributed by atoms with Gasteiger partial charge in [0.25, 0.3) is 0 Å². The quantitative estimate of drug-likeness (QED) is 0.420. The van der Waals surface area contributed by atoms with Crippen LogP contribution in [0.5, 0.6) is 0 Å². The van der Waals surface area contributed by atoms with Crippen molar-refractivity contribution in [3.8, 4) is 0 Å². The van der Waals surface area contributed by atoms with Gasteiger partial charge in [-0.05, 0) is 0 Å². The van der Waals surface area contributed by atoms with Gasteiger partial charge < -0.3 is 9.47 Å². The molecule has 0 amide bonds. The number of rotatable bonds is 5. The van der Waals surface area contributed by atoms with Gasteiger partial charge >= 0.3 is 30.3 Å². The molecule has 18 heavy (non-hydrogen) atoms. The Morgan fingerprint density at radius 3 is 2.44 bits per heavy atom. The van der Waals surface area contributed by atoms with Crippen LogP contribution in [-0.4, -0.2) is 36.9 Å². The van der Waals surface area contributed by atoms with Crippen LogP contribution in [0, 0.1) is 0 Å². The molecule has 0 saturated carbocycles. The van der Waals surface area contributed by atoms with Gasteiger partial charge in [0.2, 0.25) is 0 Å². The van der Waals surface area contributed by atoms with Crippen molar-refractivity contribution in [1.82, 2.24) is 0 Å². The van der Waals surface area contributed by atoms with Crippen molar-refractivity contribution in [3.05, 3.63) is 11.6 Å². The van der Waals surface area contributed by atoms with E-state index in [9.17, 15) is 31.9 Å². The summed E-state index contributed by atoms with van der Waals surface area (Å²) in [7, 11) is 0. The lowest BCUT2D eigenvalue weighted by atomic mass is 10.2. The molecule has 0 N–H and O–H groups in total. The van der Waals surface area contributed by atoms with E-state index < -0.39 is 43.3 Å². The van der Waals surface area contributed by atoms with Crippen LogP contribution in [0.4, 0.5) is 17.6 Å². The first kappa shape index (κ1) is 14.1. The number of ether oxygens (including phenoxy) is 2. The molecule has 1 aliphatic rings. The van der Waals surface area contributed by atoms with E-state index in [4.69, 9.17) is 0 Å². The molecular weight excluding hydrogens is 264 g/mol. The minimum atomic E-state index is -4.46. The molecule has 9 heteroatoms. The Bertz CT molecular complexity index is 415. The number of alkyl halides is 4. The maximum Gasteiger partial charge on any atom is 0.342 e. The average Bonchev–Trinajstić information content (AvgIpc) is 2.54. The van der Waals surface area contributed by atoms with Gasteiger partial charge in [-0.3, -0.25) is 4.79 Å². The number of carbonyl (C=O) groups excluding carboxylic acids is 3. The first-order valence-electron chi connectivity index (χ1n) is 4.50. The van der Waals surface area contributed by atoms with Crippen LogP contribution in [0.3, 0.4) is 0 Å². The van der Waals surface area contributed by atoms with Crippen molar-refractivity contribution in [2.24, 2.45) is 0 Å². The van der Waals surface area contributed by atoms with E-state index in [2.05, 4.69) is 9.47 Å². The topological polar surface area (TPSA) is 69.7 Å². The van der Waals surface area contributed by atoms with Crippen LogP contribution < -0.4 is 0 Å². The molecule has 0 saturated heterocycles. The van der Waals surface area contributed by atoms with Gasteiger partial charge in [-0.15, -0.1) is 0 Å². The highest BCUT2D eigenvalue weighted by Crippen LogP contribution is 2.23. The predicted octanol–water partition coefficient (Wildman–Crippen LogP) is 0.830. The van der Waals surface area contributed by atoms with Crippen LogP contribution in [0.1, 0.15) is 6.42 Å². The molecule has 0 bridgehead atoms. The van der Waals surface area contributed by atoms with Gasteiger partial charge in [0.1, 0.15) is 0 Å². The number of esters is 3. The molecule has 0 fully saturated rings. The van der Waals surface area contributed by atoms with Crippen LogP contribution in [0.15, 0.2) is 11.6 Å². The molecule has 0 aromatic rings. The first-order chi connectivity index (χ1) is 8.22. The van der Waals surface area contributed by atoms with E-state index in [0.717, 1.165) is 0 Å². The fraction of sp³-hybridized carbons (Fsp3) is 0.444. The predicted molar refractivity (Wildman–Crippen MR) is 45.7 cm³/mol. The summed E-state index contributed by atoms with van der Waals surface area (Å²) < 4.78 is 56.1. The van der Waals surface area contributed by atoms with Gasteiger partial charge in [0, 0.05) is 6.08 Å². The van der Waals surface area contributed by atoms with E-state index in [1.165, 1.54) is 0 Å². The highest BCUT2D eigenvalue weighted by Gasteiger charge is 2.42. The van der Waals surface area contributed by atoms with Crippen LogP contribution in [-0.2, 0) is 23.9 Å². The fourth-order valence-electron chi connectivity index (χ4n) is 0.957. The van der Waals surface area contributed by atoms with Crippen LogP contribution in [0.2, 0.25) is 0 Å². The second-order valence-corrected chi connectivity index (χ2v) is 3.28. The number of cyclic esters (lactones) is 2. The summed E-state index contributed by atoms with van der Waals surface area (Å²) in [6, 6.07) is 0. The van der Waals surface area contributed by atoms with Crippen LogP contribution >= 0.6 is 0 Å². The normalized spacial score (nSPS) is 15.7. The minimum absolute atomic E-state index is 0.384. The molecular formula is C9H6F4O5. The van der Waals surface area contributed by atoms with Gasteiger partial charge in [0.15, 0.2) is 6.61 Å². The number of carbonyl (C=O) groups is 3. The van der Waals surface area contributed by atoms with Crippen molar-refractivity contribution in [2.45, 2.75) is 18.8 Å². The standard InChI is InChI=1S/C9H6F4O5/c10-8(11)9(12,13)3-17-5(14)1-4-2-6(15)18-7(4)16/h2,8H,1,3H2. The fourth-order valence-corrected chi connectivity index (χ4v) is 0.957. The molecule has 1 heterocycles. The van der Waals surface area contributed by atoms with E-state index in [0.29, 0.717) is 6.08 Å². The Kier molecular flexibility index (Phi) is 4.04. The maximum atomic E-state index is 12.4.